The van der Waals surface area contributed by atoms with E-state index < -0.39 is 0 Å². The highest BCUT2D eigenvalue weighted by Gasteiger charge is 2.31. The van der Waals surface area contributed by atoms with Crippen molar-refractivity contribution in [3.8, 4) is 17.0 Å². The Balaban J connectivity index is 1.09. The number of amides is 1. The lowest BCUT2D eigenvalue weighted by Gasteiger charge is -2.39. The SMILES string of the molecule is CCOc1ccc(-c2cc3c(N4CCC(C(=O)N5CCN(c6ccccc6)CC5)CC4)nccn3n2)cc1. The molecule has 0 radical (unpaired) electrons. The first-order valence-electron chi connectivity index (χ1n) is 13.6. The Labute approximate surface area is 223 Å². The van der Waals surface area contributed by atoms with E-state index in [2.05, 4.69) is 45.0 Å². The zero-order chi connectivity index (χ0) is 25.9. The predicted octanol–water partition coefficient (Wildman–Crippen LogP) is 4.36. The van der Waals surface area contributed by atoms with Gasteiger partial charge in [-0.1, -0.05) is 18.2 Å². The van der Waals surface area contributed by atoms with Crippen LogP contribution in [0.3, 0.4) is 0 Å². The monoisotopic (exact) mass is 510 g/mol. The topological polar surface area (TPSA) is 66.2 Å². The maximum absolute atomic E-state index is 13.3. The summed E-state index contributed by atoms with van der Waals surface area (Å²) in [6.07, 6.45) is 5.39. The van der Waals surface area contributed by atoms with Crippen molar-refractivity contribution in [1.29, 1.82) is 0 Å². The molecule has 0 N–H and O–H groups in total. The Morgan fingerprint density at radius 2 is 1.66 bits per heavy atom. The minimum atomic E-state index is 0.0820. The van der Waals surface area contributed by atoms with E-state index in [4.69, 9.17) is 14.8 Å². The third-order valence-corrected chi connectivity index (χ3v) is 7.69. The van der Waals surface area contributed by atoms with Crippen LogP contribution in [-0.4, -0.2) is 71.3 Å². The lowest BCUT2D eigenvalue weighted by atomic mass is 9.95. The molecule has 2 aliphatic rings. The minimum Gasteiger partial charge on any atom is -0.494 e. The first-order chi connectivity index (χ1) is 18.7. The standard InChI is InChI=1S/C30H34N6O2/c1-2-38-26-10-8-23(9-11-26)27-22-28-29(31-14-17-36(28)32-27)34-15-12-24(13-16-34)30(37)35-20-18-33(19-21-35)25-6-4-3-5-7-25/h3-11,14,17,22,24H,2,12-13,15-16,18-21H2,1H3. The van der Waals surface area contributed by atoms with Gasteiger partial charge >= 0.3 is 0 Å². The molecule has 38 heavy (non-hydrogen) atoms. The number of hydrogen-bond donors (Lipinski definition) is 0. The van der Waals surface area contributed by atoms with Gasteiger partial charge in [0.05, 0.1) is 12.3 Å². The van der Waals surface area contributed by atoms with Crippen LogP contribution in [0, 0.1) is 5.92 Å². The highest BCUT2D eigenvalue weighted by molar-refractivity contribution is 5.80. The summed E-state index contributed by atoms with van der Waals surface area (Å²) in [6.45, 7) is 7.62. The van der Waals surface area contributed by atoms with Gasteiger partial charge in [0.25, 0.3) is 0 Å². The molecule has 6 rings (SSSR count). The van der Waals surface area contributed by atoms with Gasteiger partial charge in [-0.25, -0.2) is 9.50 Å². The van der Waals surface area contributed by atoms with E-state index in [9.17, 15) is 4.79 Å². The summed E-state index contributed by atoms with van der Waals surface area (Å²) in [6, 6.07) is 20.6. The van der Waals surface area contributed by atoms with Crippen molar-refractivity contribution in [3.05, 3.63) is 73.1 Å². The second-order valence-electron chi connectivity index (χ2n) is 9.98. The van der Waals surface area contributed by atoms with Crippen LogP contribution in [0.1, 0.15) is 19.8 Å². The van der Waals surface area contributed by atoms with Gasteiger partial charge in [0.1, 0.15) is 11.3 Å². The number of rotatable bonds is 6. The van der Waals surface area contributed by atoms with Crippen molar-refractivity contribution in [2.24, 2.45) is 5.92 Å². The van der Waals surface area contributed by atoms with Crippen LogP contribution < -0.4 is 14.5 Å². The van der Waals surface area contributed by atoms with Gasteiger partial charge in [-0.2, -0.15) is 5.10 Å². The largest absolute Gasteiger partial charge is 0.494 e. The van der Waals surface area contributed by atoms with Crippen LogP contribution in [0.2, 0.25) is 0 Å². The van der Waals surface area contributed by atoms with Crippen LogP contribution >= 0.6 is 0 Å². The average Bonchev–Trinajstić information content (AvgIpc) is 3.43. The third kappa shape index (κ3) is 4.90. The van der Waals surface area contributed by atoms with Crippen LogP contribution in [0.15, 0.2) is 73.1 Å². The normalized spacial score (nSPS) is 16.7. The molecule has 0 spiro atoms. The van der Waals surface area contributed by atoms with E-state index in [1.807, 2.05) is 48.0 Å². The quantitative estimate of drug-likeness (QED) is 0.384. The lowest BCUT2D eigenvalue weighted by molar-refractivity contribution is -0.136. The third-order valence-electron chi connectivity index (χ3n) is 7.69. The molecule has 0 unspecified atom stereocenters. The number of hydrogen-bond acceptors (Lipinski definition) is 6. The molecule has 8 heteroatoms. The Morgan fingerprint density at radius 3 is 2.37 bits per heavy atom. The second kappa shape index (κ2) is 10.7. The molecule has 0 bridgehead atoms. The van der Waals surface area contributed by atoms with E-state index in [0.717, 1.165) is 80.5 Å². The Bertz CT molecular complexity index is 1370. The van der Waals surface area contributed by atoms with Crippen LogP contribution in [0.4, 0.5) is 11.5 Å². The van der Waals surface area contributed by atoms with Crippen LogP contribution in [0.25, 0.3) is 16.8 Å². The van der Waals surface area contributed by atoms with E-state index in [1.165, 1.54) is 5.69 Å². The second-order valence-corrected chi connectivity index (χ2v) is 9.98. The number of para-hydroxylation sites is 1. The van der Waals surface area contributed by atoms with E-state index in [1.54, 1.807) is 6.20 Å². The fraction of sp³-hybridized carbons (Fsp3) is 0.367. The average molecular weight is 511 g/mol. The summed E-state index contributed by atoms with van der Waals surface area (Å²) < 4.78 is 7.47. The number of carbonyl (C=O) groups is 1. The molecule has 2 fully saturated rings. The number of aromatic nitrogens is 3. The molecule has 0 aliphatic carbocycles. The van der Waals surface area contributed by atoms with Gasteiger partial charge < -0.3 is 19.4 Å². The van der Waals surface area contributed by atoms with Gasteiger partial charge in [-0.3, -0.25) is 4.79 Å². The summed E-state index contributed by atoms with van der Waals surface area (Å²) >= 11 is 0. The van der Waals surface area contributed by atoms with Gasteiger partial charge in [-0.15, -0.1) is 0 Å². The summed E-state index contributed by atoms with van der Waals surface area (Å²) in [4.78, 5) is 24.8. The van der Waals surface area contributed by atoms with Crippen molar-refractivity contribution >= 4 is 22.9 Å². The summed E-state index contributed by atoms with van der Waals surface area (Å²) in [5, 5.41) is 4.79. The number of benzene rings is 2. The highest BCUT2D eigenvalue weighted by atomic mass is 16.5. The number of fused-ring (bicyclic) bond motifs is 1. The molecule has 2 aromatic carbocycles. The predicted molar refractivity (Wildman–Crippen MR) is 150 cm³/mol. The van der Waals surface area contributed by atoms with Gasteiger partial charge in [0.15, 0.2) is 5.82 Å². The summed E-state index contributed by atoms with van der Waals surface area (Å²) in [5.74, 6) is 2.18. The molecule has 4 heterocycles. The summed E-state index contributed by atoms with van der Waals surface area (Å²) in [5.41, 5.74) is 4.17. The van der Waals surface area contributed by atoms with Crippen LogP contribution in [-0.2, 0) is 4.79 Å². The number of anilines is 2. The summed E-state index contributed by atoms with van der Waals surface area (Å²) in [7, 11) is 0. The van der Waals surface area contributed by atoms with E-state index >= 15 is 0 Å². The highest BCUT2D eigenvalue weighted by Crippen LogP contribution is 2.30. The molecule has 2 aliphatic heterocycles. The maximum Gasteiger partial charge on any atom is 0.225 e. The Morgan fingerprint density at radius 1 is 0.921 bits per heavy atom. The van der Waals surface area contributed by atoms with Crippen molar-refractivity contribution in [1.82, 2.24) is 19.5 Å². The lowest BCUT2D eigenvalue weighted by Crippen LogP contribution is -2.51. The first kappa shape index (κ1) is 24.3. The number of nitrogens with zero attached hydrogens (tertiary/aromatic N) is 6. The number of ether oxygens (including phenoxy) is 1. The van der Waals surface area contributed by atoms with Crippen molar-refractivity contribution < 1.29 is 9.53 Å². The maximum atomic E-state index is 13.3. The van der Waals surface area contributed by atoms with E-state index in [-0.39, 0.29) is 5.92 Å². The van der Waals surface area contributed by atoms with E-state index in [0.29, 0.717) is 12.5 Å². The Hall–Kier alpha value is -4.07. The van der Waals surface area contributed by atoms with Gasteiger partial charge in [-0.05, 0) is 62.2 Å². The zero-order valence-electron chi connectivity index (χ0n) is 21.9. The molecular formula is C30H34N6O2. The fourth-order valence-electron chi connectivity index (χ4n) is 5.60. The van der Waals surface area contributed by atoms with Crippen molar-refractivity contribution in [2.45, 2.75) is 19.8 Å². The minimum absolute atomic E-state index is 0.0820. The fourth-order valence-corrected chi connectivity index (χ4v) is 5.60. The molecular weight excluding hydrogens is 476 g/mol. The molecule has 0 atom stereocenters. The molecule has 8 nitrogen and oxygen atoms in total. The van der Waals surface area contributed by atoms with Crippen molar-refractivity contribution in [3.63, 3.8) is 0 Å². The molecule has 0 saturated carbocycles. The molecule has 4 aromatic rings. The number of carbonyl (C=O) groups excluding carboxylic acids is 1. The zero-order valence-corrected chi connectivity index (χ0v) is 21.9. The molecule has 2 aromatic heterocycles. The smallest absolute Gasteiger partial charge is 0.225 e. The van der Waals surface area contributed by atoms with Gasteiger partial charge in [0, 0.05) is 68.8 Å². The molecule has 196 valence electrons. The van der Waals surface area contributed by atoms with Crippen molar-refractivity contribution in [2.75, 3.05) is 55.7 Å². The van der Waals surface area contributed by atoms with Gasteiger partial charge in [0.2, 0.25) is 5.91 Å². The number of piperidine rings is 1. The molecule has 1 amide bonds. The number of piperazine rings is 1. The first-order valence-corrected chi connectivity index (χ1v) is 13.6. The molecule has 2 saturated heterocycles. The van der Waals surface area contributed by atoms with Crippen LogP contribution in [0.5, 0.6) is 5.75 Å². The Kier molecular flexibility index (Phi) is 6.86.